The first-order valence-electron chi connectivity index (χ1n) is 6.36. The Morgan fingerprint density at radius 3 is 2.86 bits per heavy atom. The van der Waals surface area contributed by atoms with Crippen molar-refractivity contribution in [1.29, 1.82) is 0 Å². The molecule has 0 N–H and O–H groups in total. The second-order valence-corrected chi connectivity index (χ2v) is 4.88. The highest BCUT2D eigenvalue weighted by Crippen LogP contribution is 2.20. The zero-order valence-electron chi connectivity index (χ0n) is 11.5. The lowest BCUT2D eigenvalue weighted by atomic mass is 10.1. The van der Waals surface area contributed by atoms with Crippen molar-refractivity contribution >= 4 is 17.5 Å². The van der Waals surface area contributed by atoms with Gasteiger partial charge >= 0.3 is 0 Å². The SMILES string of the molecule is COCCN(Cc1ccoc1)C(=O)c1ccc(F)cc1Cl. The maximum Gasteiger partial charge on any atom is 0.255 e. The van der Waals surface area contributed by atoms with Crippen LogP contribution < -0.4 is 0 Å². The molecule has 1 aromatic carbocycles. The van der Waals surface area contributed by atoms with E-state index < -0.39 is 5.82 Å². The highest BCUT2D eigenvalue weighted by Gasteiger charge is 2.19. The summed E-state index contributed by atoms with van der Waals surface area (Å²) in [4.78, 5) is 14.1. The van der Waals surface area contributed by atoms with Gasteiger partial charge in [0.05, 0.1) is 29.7 Å². The van der Waals surface area contributed by atoms with Gasteiger partial charge in [0, 0.05) is 25.8 Å². The molecule has 0 fully saturated rings. The van der Waals surface area contributed by atoms with Crippen LogP contribution in [-0.2, 0) is 11.3 Å². The Kier molecular flexibility index (Phi) is 5.36. The number of hydrogen-bond donors (Lipinski definition) is 0. The van der Waals surface area contributed by atoms with E-state index in [1.54, 1.807) is 30.6 Å². The van der Waals surface area contributed by atoms with Crippen LogP contribution in [0.5, 0.6) is 0 Å². The maximum atomic E-state index is 13.1. The summed E-state index contributed by atoms with van der Waals surface area (Å²) in [5.74, 6) is -0.756. The quantitative estimate of drug-likeness (QED) is 0.821. The van der Waals surface area contributed by atoms with Gasteiger partial charge in [0.1, 0.15) is 5.82 Å². The second kappa shape index (κ2) is 7.24. The number of carbonyl (C=O) groups excluding carboxylic acids is 1. The van der Waals surface area contributed by atoms with Crippen LogP contribution in [0.25, 0.3) is 0 Å². The number of halogens is 2. The molecule has 0 unspecified atom stereocenters. The standard InChI is InChI=1S/C15H15ClFNO3/c1-20-7-5-18(9-11-4-6-21-10-11)15(19)13-3-2-12(17)8-14(13)16/h2-4,6,8,10H,5,7,9H2,1H3. The summed E-state index contributed by atoms with van der Waals surface area (Å²) >= 11 is 5.95. The molecule has 0 bridgehead atoms. The van der Waals surface area contributed by atoms with Crippen LogP contribution in [-0.4, -0.2) is 31.1 Å². The Bertz CT molecular complexity index is 601. The molecule has 1 heterocycles. The fourth-order valence-electron chi connectivity index (χ4n) is 1.89. The zero-order valence-corrected chi connectivity index (χ0v) is 12.3. The molecule has 2 rings (SSSR count). The van der Waals surface area contributed by atoms with Crippen LogP contribution in [0.15, 0.2) is 41.2 Å². The third-order valence-electron chi connectivity index (χ3n) is 2.97. The minimum absolute atomic E-state index is 0.0922. The Morgan fingerprint density at radius 2 is 2.24 bits per heavy atom. The van der Waals surface area contributed by atoms with Crippen LogP contribution in [0, 0.1) is 5.82 Å². The van der Waals surface area contributed by atoms with Crippen LogP contribution >= 0.6 is 11.6 Å². The maximum absolute atomic E-state index is 13.1. The van der Waals surface area contributed by atoms with E-state index >= 15 is 0 Å². The molecule has 0 aliphatic carbocycles. The fraction of sp³-hybridized carbons (Fsp3) is 0.267. The monoisotopic (exact) mass is 311 g/mol. The molecule has 0 aliphatic rings. The molecule has 0 spiro atoms. The van der Waals surface area contributed by atoms with Gasteiger partial charge in [-0.05, 0) is 24.3 Å². The van der Waals surface area contributed by atoms with E-state index in [4.69, 9.17) is 20.8 Å². The van der Waals surface area contributed by atoms with Crippen molar-refractivity contribution in [3.63, 3.8) is 0 Å². The van der Waals surface area contributed by atoms with E-state index in [0.717, 1.165) is 11.6 Å². The summed E-state index contributed by atoms with van der Waals surface area (Å²) in [5.41, 5.74) is 1.12. The Morgan fingerprint density at radius 1 is 1.43 bits per heavy atom. The van der Waals surface area contributed by atoms with Crippen molar-refractivity contribution in [1.82, 2.24) is 4.90 Å². The molecule has 112 valence electrons. The van der Waals surface area contributed by atoms with E-state index in [9.17, 15) is 9.18 Å². The van der Waals surface area contributed by atoms with E-state index in [0.29, 0.717) is 19.7 Å². The van der Waals surface area contributed by atoms with Crippen LogP contribution in [0.4, 0.5) is 4.39 Å². The number of benzene rings is 1. The number of ether oxygens (including phenoxy) is 1. The van der Waals surface area contributed by atoms with E-state index in [1.165, 1.54) is 12.1 Å². The average molecular weight is 312 g/mol. The molecule has 1 aromatic heterocycles. The van der Waals surface area contributed by atoms with Gasteiger partial charge in [0.15, 0.2) is 0 Å². The molecule has 1 amide bonds. The summed E-state index contributed by atoms with van der Waals surface area (Å²) in [6.45, 7) is 1.16. The Hall–Kier alpha value is -1.85. The lowest BCUT2D eigenvalue weighted by Gasteiger charge is -2.22. The molecular formula is C15H15ClFNO3. The van der Waals surface area contributed by atoms with Gasteiger partial charge in [-0.1, -0.05) is 11.6 Å². The molecule has 0 radical (unpaired) electrons. The average Bonchev–Trinajstić information content (AvgIpc) is 2.95. The minimum atomic E-state index is -0.477. The van der Waals surface area contributed by atoms with Gasteiger partial charge in [-0.3, -0.25) is 4.79 Å². The minimum Gasteiger partial charge on any atom is -0.472 e. The van der Waals surface area contributed by atoms with Crippen LogP contribution in [0.2, 0.25) is 5.02 Å². The fourth-order valence-corrected chi connectivity index (χ4v) is 2.14. The van der Waals surface area contributed by atoms with Gasteiger partial charge in [-0.15, -0.1) is 0 Å². The van der Waals surface area contributed by atoms with Gasteiger partial charge in [0.2, 0.25) is 0 Å². The van der Waals surface area contributed by atoms with Crippen molar-refractivity contribution in [2.75, 3.05) is 20.3 Å². The third-order valence-corrected chi connectivity index (χ3v) is 3.28. The van der Waals surface area contributed by atoms with Crippen LogP contribution in [0.1, 0.15) is 15.9 Å². The first-order valence-corrected chi connectivity index (χ1v) is 6.74. The van der Waals surface area contributed by atoms with Crippen molar-refractivity contribution in [3.05, 3.63) is 58.8 Å². The number of furan rings is 1. The first-order chi connectivity index (χ1) is 10.1. The molecule has 0 aliphatic heterocycles. The number of nitrogens with zero attached hydrogens (tertiary/aromatic N) is 1. The highest BCUT2D eigenvalue weighted by atomic mass is 35.5. The highest BCUT2D eigenvalue weighted by molar-refractivity contribution is 6.33. The molecule has 4 nitrogen and oxygen atoms in total. The number of rotatable bonds is 6. The molecular weight excluding hydrogens is 297 g/mol. The summed E-state index contributed by atoms with van der Waals surface area (Å²) in [7, 11) is 1.56. The van der Waals surface area contributed by atoms with Gasteiger partial charge in [-0.25, -0.2) is 4.39 Å². The van der Waals surface area contributed by atoms with Crippen molar-refractivity contribution in [3.8, 4) is 0 Å². The van der Waals surface area contributed by atoms with E-state index in [2.05, 4.69) is 0 Å². The Labute approximate surface area is 127 Å². The number of methoxy groups -OCH3 is 1. The summed E-state index contributed by atoms with van der Waals surface area (Å²) < 4.78 is 23.1. The van der Waals surface area contributed by atoms with Gasteiger partial charge in [0.25, 0.3) is 5.91 Å². The van der Waals surface area contributed by atoms with E-state index in [1.807, 2.05) is 0 Å². The third kappa shape index (κ3) is 4.06. The van der Waals surface area contributed by atoms with Gasteiger partial charge < -0.3 is 14.1 Å². The largest absolute Gasteiger partial charge is 0.472 e. The van der Waals surface area contributed by atoms with Crippen molar-refractivity contribution in [2.24, 2.45) is 0 Å². The van der Waals surface area contributed by atoms with Crippen molar-refractivity contribution < 1.29 is 18.3 Å². The smallest absolute Gasteiger partial charge is 0.255 e. The molecule has 6 heteroatoms. The predicted octanol–water partition coefficient (Wildman–Crippen LogP) is 3.36. The van der Waals surface area contributed by atoms with E-state index in [-0.39, 0.29) is 16.5 Å². The predicted molar refractivity (Wildman–Crippen MR) is 76.7 cm³/mol. The Balaban J connectivity index is 2.20. The lowest BCUT2D eigenvalue weighted by molar-refractivity contribution is 0.0680. The summed E-state index contributed by atoms with van der Waals surface area (Å²) in [6, 6.07) is 5.50. The molecule has 2 aromatic rings. The number of hydrogen-bond acceptors (Lipinski definition) is 3. The lowest BCUT2D eigenvalue weighted by Crippen LogP contribution is -2.33. The number of carbonyl (C=O) groups is 1. The normalized spacial score (nSPS) is 10.6. The number of amides is 1. The van der Waals surface area contributed by atoms with Gasteiger partial charge in [-0.2, -0.15) is 0 Å². The topological polar surface area (TPSA) is 42.7 Å². The molecule has 21 heavy (non-hydrogen) atoms. The summed E-state index contributed by atoms with van der Waals surface area (Å²) in [5, 5.41) is 0.0922. The molecule has 0 atom stereocenters. The summed E-state index contributed by atoms with van der Waals surface area (Å²) in [6.07, 6.45) is 3.11. The van der Waals surface area contributed by atoms with Crippen LogP contribution in [0.3, 0.4) is 0 Å². The first kappa shape index (κ1) is 15.5. The second-order valence-electron chi connectivity index (χ2n) is 4.48. The zero-order chi connectivity index (χ0) is 15.2. The molecule has 0 saturated carbocycles. The molecule has 0 saturated heterocycles. The van der Waals surface area contributed by atoms with Crippen molar-refractivity contribution in [2.45, 2.75) is 6.54 Å².